The summed E-state index contributed by atoms with van der Waals surface area (Å²) in [5, 5.41) is 12.4. The molecule has 1 aliphatic rings. The predicted molar refractivity (Wildman–Crippen MR) is 84.8 cm³/mol. The third-order valence-electron chi connectivity index (χ3n) is 3.47. The van der Waals surface area contributed by atoms with Gasteiger partial charge in [0.1, 0.15) is 6.04 Å². The van der Waals surface area contributed by atoms with Gasteiger partial charge < -0.3 is 15.3 Å². The number of carboxylic acids is 1. The van der Waals surface area contributed by atoms with Gasteiger partial charge in [-0.05, 0) is 31.0 Å². The van der Waals surface area contributed by atoms with Crippen LogP contribution in [0.3, 0.4) is 0 Å². The Kier molecular flexibility index (Phi) is 5.47. The van der Waals surface area contributed by atoms with Gasteiger partial charge in [0, 0.05) is 11.0 Å². The smallest absolute Gasteiger partial charge is 0.326 e. The monoisotopic (exact) mass is 374 g/mol. The molecule has 0 radical (unpaired) electrons. The fraction of sp³-hybridized carbons (Fsp3) is 0.429. The minimum absolute atomic E-state index is 0.410. The second-order valence-electron chi connectivity index (χ2n) is 4.95. The molecule has 7 heteroatoms. The minimum Gasteiger partial charge on any atom is -0.480 e. The van der Waals surface area contributed by atoms with Crippen LogP contribution < -0.4 is 5.32 Å². The third kappa shape index (κ3) is 4.11. The van der Waals surface area contributed by atoms with Crippen LogP contribution in [0.4, 0.5) is 10.5 Å². The van der Waals surface area contributed by atoms with Crippen molar-refractivity contribution < 1.29 is 14.7 Å². The molecule has 1 atom stereocenters. The normalized spacial score (nSPS) is 19.0. The zero-order valence-electron chi connectivity index (χ0n) is 11.3. The van der Waals surface area contributed by atoms with E-state index < -0.39 is 18.0 Å². The summed E-state index contributed by atoms with van der Waals surface area (Å²) in [7, 11) is 0. The van der Waals surface area contributed by atoms with E-state index in [1.807, 2.05) is 0 Å². The Bertz CT molecular complexity index is 553. The Balaban J connectivity index is 2.16. The summed E-state index contributed by atoms with van der Waals surface area (Å²) in [6.45, 7) is 0.439. The van der Waals surface area contributed by atoms with Crippen LogP contribution in [0.2, 0.25) is 5.02 Å². The lowest BCUT2D eigenvalue weighted by atomic mass is 10.1. The van der Waals surface area contributed by atoms with E-state index in [2.05, 4.69) is 21.2 Å². The Morgan fingerprint density at radius 2 is 2.10 bits per heavy atom. The quantitative estimate of drug-likeness (QED) is 0.822. The lowest BCUT2D eigenvalue weighted by molar-refractivity contribution is -0.142. The van der Waals surface area contributed by atoms with Gasteiger partial charge in [0.05, 0.1) is 10.7 Å². The van der Waals surface area contributed by atoms with E-state index in [0.29, 0.717) is 23.7 Å². The number of carbonyl (C=O) groups is 2. The van der Waals surface area contributed by atoms with Crippen LogP contribution in [0.1, 0.15) is 25.7 Å². The molecular formula is C14H16BrClN2O3. The van der Waals surface area contributed by atoms with Crippen molar-refractivity contribution in [2.75, 3.05) is 11.9 Å². The van der Waals surface area contributed by atoms with E-state index in [4.69, 9.17) is 11.6 Å². The summed E-state index contributed by atoms with van der Waals surface area (Å²) in [5.41, 5.74) is 0.462. The molecule has 21 heavy (non-hydrogen) atoms. The number of hydrogen-bond donors (Lipinski definition) is 2. The number of benzene rings is 1. The minimum atomic E-state index is -0.965. The Labute approximate surface area is 136 Å². The highest BCUT2D eigenvalue weighted by atomic mass is 79.9. The number of halogens is 2. The van der Waals surface area contributed by atoms with E-state index in [1.165, 1.54) is 4.90 Å². The van der Waals surface area contributed by atoms with Crippen molar-refractivity contribution in [1.82, 2.24) is 4.90 Å². The van der Waals surface area contributed by atoms with Crippen molar-refractivity contribution in [3.05, 3.63) is 27.7 Å². The number of carbonyl (C=O) groups excluding carboxylic acids is 1. The van der Waals surface area contributed by atoms with Gasteiger partial charge in [0.25, 0.3) is 0 Å². The largest absolute Gasteiger partial charge is 0.480 e. The molecule has 1 unspecified atom stereocenters. The van der Waals surface area contributed by atoms with Crippen molar-refractivity contribution in [3.63, 3.8) is 0 Å². The van der Waals surface area contributed by atoms with Crippen LogP contribution >= 0.6 is 27.5 Å². The predicted octanol–water partition coefficient (Wildman–Crippen LogP) is 3.96. The number of urea groups is 1. The molecule has 0 spiro atoms. The van der Waals surface area contributed by atoms with Gasteiger partial charge in [0.15, 0.2) is 0 Å². The zero-order chi connectivity index (χ0) is 15.4. The molecule has 0 bridgehead atoms. The number of amides is 2. The first kappa shape index (κ1) is 16.1. The Morgan fingerprint density at radius 3 is 2.81 bits per heavy atom. The average molecular weight is 376 g/mol. The van der Waals surface area contributed by atoms with Gasteiger partial charge in [0.2, 0.25) is 0 Å². The van der Waals surface area contributed by atoms with Crippen LogP contribution in [-0.4, -0.2) is 34.6 Å². The molecule has 0 saturated carbocycles. The number of nitrogens with zero attached hydrogens (tertiary/aromatic N) is 1. The maximum atomic E-state index is 12.4. The van der Waals surface area contributed by atoms with E-state index >= 15 is 0 Å². The molecule has 0 aliphatic carbocycles. The second kappa shape index (κ2) is 7.13. The molecule has 0 aromatic heterocycles. The molecule has 114 valence electrons. The highest BCUT2D eigenvalue weighted by Crippen LogP contribution is 2.27. The summed E-state index contributed by atoms with van der Waals surface area (Å²) in [4.78, 5) is 25.1. The number of hydrogen-bond acceptors (Lipinski definition) is 2. The molecule has 1 aromatic rings. The standard InChI is InChI=1S/C14H16BrClN2O3/c15-9-5-6-10(16)11(8-9)17-14(21)18-7-3-1-2-4-12(18)13(19)20/h5-6,8,12H,1-4,7H2,(H,17,21)(H,19,20). The Hall–Kier alpha value is -1.27. The van der Waals surface area contributed by atoms with Crippen LogP contribution in [-0.2, 0) is 4.79 Å². The highest BCUT2D eigenvalue weighted by Gasteiger charge is 2.30. The SMILES string of the molecule is O=C(O)C1CCCCCN1C(=O)Nc1cc(Br)ccc1Cl. The molecule has 1 aromatic carbocycles. The van der Waals surface area contributed by atoms with E-state index in [1.54, 1.807) is 18.2 Å². The maximum absolute atomic E-state index is 12.4. The molecule has 2 rings (SSSR count). The van der Waals surface area contributed by atoms with Crippen LogP contribution in [0, 0.1) is 0 Å². The van der Waals surface area contributed by atoms with Crippen molar-refractivity contribution in [1.29, 1.82) is 0 Å². The van der Waals surface area contributed by atoms with Gasteiger partial charge in [-0.15, -0.1) is 0 Å². The first-order valence-electron chi connectivity index (χ1n) is 6.74. The summed E-state index contributed by atoms with van der Waals surface area (Å²) in [6, 6.07) is 3.92. The average Bonchev–Trinajstić information content (AvgIpc) is 2.68. The topological polar surface area (TPSA) is 69.6 Å². The molecule has 2 amide bonds. The van der Waals surface area contributed by atoms with Gasteiger partial charge in [-0.2, -0.15) is 0 Å². The molecule has 1 saturated heterocycles. The number of likely N-dealkylation sites (tertiary alicyclic amines) is 1. The molecular weight excluding hydrogens is 360 g/mol. The molecule has 2 N–H and O–H groups in total. The number of nitrogens with one attached hydrogen (secondary N) is 1. The molecule has 5 nitrogen and oxygen atoms in total. The van der Waals surface area contributed by atoms with Crippen molar-refractivity contribution in [2.24, 2.45) is 0 Å². The highest BCUT2D eigenvalue weighted by molar-refractivity contribution is 9.10. The van der Waals surface area contributed by atoms with Gasteiger partial charge in [-0.25, -0.2) is 9.59 Å². The maximum Gasteiger partial charge on any atom is 0.326 e. The fourth-order valence-corrected chi connectivity index (χ4v) is 2.91. The number of rotatable bonds is 2. The van der Waals surface area contributed by atoms with E-state index in [0.717, 1.165) is 23.7 Å². The second-order valence-corrected chi connectivity index (χ2v) is 6.27. The zero-order valence-corrected chi connectivity index (χ0v) is 13.7. The molecule has 1 fully saturated rings. The van der Waals surface area contributed by atoms with Crippen molar-refractivity contribution in [2.45, 2.75) is 31.7 Å². The van der Waals surface area contributed by atoms with Gasteiger partial charge >= 0.3 is 12.0 Å². The lowest BCUT2D eigenvalue weighted by Gasteiger charge is -2.27. The van der Waals surface area contributed by atoms with E-state index in [9.17, 15) is 14.7 Å². The van der Waals surface area contributed by atoms with Gasteiger partial charge in [-0.1, -0.05) is 40.4 Å². The van der Waals surface area contributed by atoms with Crippen molar-refractivity contribution in [3.8, 4) is 0 Å². The lowest BCUT2D eigenvalue weighted by Crippen LogP contribution is -2.46. The van der Waals surface area contributed by atoms with Crippen LogP contribution in [0.25, 0.3) is 0 Å². The summed E-state index contributed by atoms with van der Waals surface area (Å²) >= 11 is 9.35. The van der Waals surface area contributed by atoms with Crippen molar-refractivity contribution >= 4 is 45.2 Å². The third-order valence-corrected chi connectivity index (χ3v) is 4.29. The first-order chi connectivity index (χ1) is 9.99. The fourth-order valence-electron chi connectivity index (χ4n) is 2.39. The van der Waals surface area contributed by atoms with E-state index in [-0.39, 0.29) is 0 Å². The summed E-state index contributed by atoms with van der Waals surface area (Å²) < 4.78 is 0.785. The first-order valence-corrected chi connectivity index (χ1v) is 7.91. The van der Waals surface area contributed by atoms with Crippen LogP contribution in [0.15, 0.2) is 22.7 Å². The summed E-state index contributed by atoms with van der Waals surface area (Å²) in [6.07, 6.45) is 3.04. The number of carboxylic acid groups (broad SMARTS) is 1. The number of anilines is 1. The molecule has 1 heterocycles. The molecule has 1 aliphatic heterocycles. The van der Waals surface area contributed by atoms with Crippen LogP contribution in [0.5, 0.6) is 0 Å². The number of aliphatic carboxylic acids is 1. The summed E-state index contributed by atoms with van der Waals surface area (Å²) in [5.74, 6) is -0.965. The Morgan fingerprint density at radius 1 is 1.33 bits per heavy atom. The van der Waals surface area contributed by atoms with Gasteiger partial charge in [-0.3, -0.25) is 0 Å².